The van der Waals surface area contributed by atoms with Gasteiger partial charge in [-0.2, -0.15) is 0 Å². The Labute approximate surface area is 160 Å². The molecule has 0 atom stereocenters. The predicted octanol–water partition coefficient (Wildman–Crippen LogP) is 2.65. The van der Waals surface area contributed by atoms with E-state index in [2.05, 4.69) is 34.3 Å². The number of sulfone groups is 1. The molecular weight excluding hydrogens is 445 g/mol. The maximum Gasteiger partial charge on any atom is 0.194 e. The molecule has 1 saturated heterocycles. The Kier molecular flexibility index (Phi) is 7.34. The molecule has 1 aliphatic heterocycles. The van der Waals surface area contributed by atoms with Gasteiger partial charge in [0.05, 0.1) is 17.0 Å². The Morgan fingerprint density at radius 2 is 2.13 bits per heavy atom. The monoisotopic (exact) mass is 471 g/mol. The van der Waals surface area contributed by atoms with Crippen LogP contribution in [0.2, 0.25) is 0 Å². The van der Waals surface area contributed by atoms with E-state index in [-0.39, 0.29) is 29.7 Å². The topological polar surface area (TPSA) is 61.8 Å². The maximum absolute atomic E-state index is 12.1. The second-order valence-electron chi connectivity index (χ2n) is 6.18. The zero-order valence-corrected chi connectivity index (χ0v) is 18.1. The van der Waals surface area contributed by atoms with E-state index in [0.29, 0.717) is 19.6 Å². The first-order valence-corrected chi connectivity index (χ1v) is 10.0. The maximum atomic E-state index is 12.1. The van der Waals surface area contributed by atoms with E-state index in [1.165, 1.54) is 9.75 Å². The summed E-state index contributed by atoms with van der Waals surface area (Å²) in [5.74, 6) is 0.985. The third-order valence-corrected chi connectivity index (χ3v) is 7.38. The third kappa shape index (κ3) is 5.06. The van der Waals surface area contributed by atoms with Crippen molar-refractivity contribution in [2.45, 2.75) is 39.0 Å². The minimum atomic E-state index is -3.03. The molecular formula is C15H26IN3O2S2. The first-order chi connectivity index (χ1) is 10.2. The summed E-state index contributed by atoms with van der Waals surface area (Å²) in [6.45, 7) is 10.1. The molecule has 0 bridgehead atoms. The van der Waals surface area contributed by atoms with E-state index in [4.69, 9.17) is 0 Å². The molecule has 0 unspecified atom stereocenters. The standard InChI is InChI=1S/C15H25N3O2S2.HI/c1-5-16-14(17-10-13-7-6-12(2)21-13)18-8-9-22(19,20)15(3,4)11-18;/h6-7H,5,8-11H2,1-4H3,(H,16,17);1H. The van der Waals surface area contributed by atoms with Crippen LogP contribution in [-0.4, -0.2) is 49.4 Å². The van der Waals surface area contributed by atoms with Gasteiger partial charge < -0.3 is 10.2 Å². The number of nitrogens with one attached hydrogen (secondary N) is 1. The predicted molar refractivity (Wildman–Crippen MR) is 109 cm³/mol. The number of thiophene rings is 1. The number of aryl methyl sites for hydroxylation is 1. The quantitative estimate of drug-likeness (QED) is 0.419. The van der Waals surface area contributed by atoms with Gasteiger partial charge in [-0.15, -0.1) is 35.3 Å². The number of aliphatic imine (C=N–C) groups is 1. The van der Waals surface area contributed by atoms with E-state index < -0.39 is 14.6 Å². The minimum Gasteiger partial charge on any atom is -0.357 e. The Bertz CT molecular complexity index is 653. The average molecular weight is 471 g/mol. The van der Waals surface area contributed by atoms with Crippen molar-refractivity contribution in [1.82, 2.24) is 10.2 Å². The van der Waals surface area contributed by atoms with Crippen molar-refractivity contribution in [3.63, 3.8) is 0 Å². The van der Waals surface area contributed by atoms with Gasteiger partial charge >= 0.3 is 0 Å². The third-order valence-electron chi connectivity index (χ3n) is 3.86. The van der Waals surface area contributed by atoms with E-state index in [9.17, 15) is 8.42 Å². The van der Waals surface area contributed by atoms with Crippen LogP contribution in [0.4, 0.5) is 0 Å². The van der Waals surface area contributed by atoms with Crippen molar-refractivity contribution >= 4 is 51.1 Å². The van der Waals surface area contributed by atoms with Gasteiger partial charge in [-0.05, 0) is 39.8 Å². The first-order valence-electron chi connectivity index (χ1n) is 7.56. The molecule has 0 aromatic carbocycles. The number of hydrogen-bond donors (Lipinski definition) is 1. The Morgan fingerprint density at radius 1 is 1.43 bits per heavy atom. The normalized spacial score (nSPS) is 20.0. The number of halogens is 1. The summed E-state index contributed by atoms with van der Waals surface area (Å²) in [5, 5.41) is 3.28. The molecule has 0 radical (unpaired) electrons. The van der Waals surface area contributed by atoms with Gasteiger partial charge in [-0.3, -0.25) is 0 Å². The zero-order chi connectivity index (χ0) is 16.4. The molecule has 1 aromatic rings. The molecule has 132 valence electrons. The second kappa shape index (κ2) is 8.15. The molecule has 2 rings (SSSR count). The fraction of sp³-hybridized carbons (Fsp3) is 0.667. The van der Waals surface area contributed by atoms with Gasteiger partial charge in [-0.1, -0.05) is 0 Å². The Morgan fingerprint density at radius 3 is 2.65 bits per heavy atom. The van der Waals surface area contributed by atoms with E-state index in [0.717, 1.165) is 12.5 Å². The summed E-state index contributed by atoms with van der Waals surface area (Å²) in [6.07, 6.45) is 0. The molecule has 1 aromatic heterocycles. The van der Waals surface area contributed by atoms with Crippen LogP contribution in [0.25, 0.3) is 0 Å². The molecule has 0 saturated carbocycles. The van der Waals surface area contributed by atoms with Gasteiger partial charge in [-0.25, -0.2) is 13.4 Å². The minimum absolute atomic E-state index is 0. The van der Waals surface area contributed by atoms with Crippen LogP contribution < -0.4 is 5.32 Å². The van der Waals surface area contributed by atoms with Crippen molar-refractivity contribution in [1.29, 1.82) is 0 Å². The highest BCUT2D eigenvalue weighted by Gasteiger charge is 2.40. The smallest absolute Gasteiger partial charge is 0.194 e. The molecule has 23 heavy (non-hydrogen) atoms. The average Bonchev–Trinajstić information content (AvgIpc) is 2.84. The molecule has 5 nitrogen and oxygen atoms in total. The molecule has 8 heteroatoms. The number of rotatable bonds is 3. The van der Waals surface area contributed by atoms with E-state index >= 15 is 0 Å². The van der Waals surface area contributed by atoms with Crippen LogP contribution in [0.3, 0.4) is 0 Å². The van der Waals surface area contributed by atoms with Crippen molar-refractivity contribution in [2.24, 2.45) is 4.99 Å². The van der Waals surface area contributed by atoms with Crippen LogP contribution >= 0.6 is 35.3 Å². The highest BCUT2D eigenvalue weighted by molar-refractivity contribution is 14.0. The fourth-order valence-electron chi connectivity index (χ4n) is 2.47. The van der Waals surface area contributed by atoms with Crippen molar-refractivity contribution in [3.8, 4) is 0 Å². The highest BCUT2D eigenvalue weighted by atomic mass is 127. The number of nitrogens with zero attached hydrogens (tertiary/aromatic N) is 2. The van der Waals surface area contributed by atoms with E-state index in [1.807, 2.05) is 6.92 Å². The Hall–Kier alpha value is -0.350. The van der Waals surface area contributed by atoms with Crippen LogP contribution in [0, 0.1) is 6.92 Å². The van der Waals surface area contributed by atoms with Crippen LogP contribution in [0.5, 0.6) is 0 Å². The van der Waals surface area contributed by atoms with Crippen molar-refractivity contribution < 1.29 is 8.42 Å². The summed E-state index contributed by atoms with van der Waals surface area (Å²) in [5.41, 5.74) is 0. The summed E-state index contributed by atoms with van der Waals surface area (Å²) in [7, 11) is -3.03. The Balaban J connectivity index is 0.00000264. The van der Waals surface area contributed by atoms with Gasteiger partial charge in [0.15, 0.2) is 15.8 Å². The zero-order valence-electron chi connectivity index (χ0n) is 14.1. The molecule has 0 aliphatic carbocycles. The summed E-state index contributed by atoms with van der Waals surface area (Å²) >= 11 is 1.74. The summed E-state index contributed by atoms with van der Waals surface area (Å²) < 4.78 is 23.5. The van der Waals surface area contributed by atoms with Crippen molar-refractivity contribution in [2.75, 3.05) is 25.4 Å². The van der Waals surface area contributed by atoms with Gasteiger partial charge in [0.25, 0.3) is 0 Å². The lowest BCUT2D eigenvalue weighted by Gasteiger charge is -2.39. The lowest BCUT2D eigenvalue weighted by atomic mass is 10.2. The molecule has 1 N–H and O–H groups in total. The molecule has 1 fully saturated rings. The molecule has 2 heterocycles. The largest absolute Gasteiger partial charge is 0.357 e. The van der Waals surface area contributed by atoms with Gasteiger partial charge in [0, 0.05) is 29.4 Å². The summed E-state index contributed by atoms with van der Waals surface area (Å²) in [4.78, 5) is 9.24. The van der Waals surface area contributed by atoms with Gasteiger partial charge in [0.1, 0.15) is 0 Å². The lowest BCUT2D eigenvalue weighted by molar-refractivity contribution is 0.353. The molecule has 0 spiro atoms. The second-order valence-corrected chi connectivity index (χ2v) is 10.3. The van der Waals surface area contributed by atoms with Crippen molar-refractivity contribution in [3.05, 3.63) is 21.9 Å². The molecule has 0 amide bonds. The van der Waals surface area contributed by atoms with E-state index in [1.54, 1.807) is 25.2 Å². The number of hydrogen-bond acceptors (Lipinski definition) is 4. The van der Waals surface area contributed by atoms with Crippen LogP contribution in [-0.2, 0) is 16.4 Å². The van der Waals surface area contributed by atoms with Gasteiger partial charge in [0.2, 0.25) is 0 Å². The SMILES string of the molecule is CCNC(=NCc1ccc(C)s1)N1CCS(=O)(=O)C(C)(C)C1.I. The lowest BCUT2D eigenvalue weighted by Crippen LogP contribution is -2.57. The fourth-order valence-corrected chi connectivity index (χ4v) is 4.65. The highest BCUT2D eigenvalue weighted by Crippen LogP contribution is 2.24. The molecule has 1 aliphatic rings. The summed E-state index contributed by atoms with van der Waals surface area (Å²) in [6, 6.07) is 4.19. The first kappa shape index (κ1) is 20.7. The van der Waals surface area contributed by atoms with Crippen LogP contribution in [0.1, 0.15) is 30.5 Å². The number of guanidine groups is 1. The van der Waals surface area contributed by atoms with Crippen LogP contribution in [0.15, 0.2) is 17.1 Å².